The Hall–Kier alpha value is -3.59. The number of carbonyl (C=O) groups excluding carboxylic acids is 1. The van der Waals surface area contributed by atoms with Crippen LogP contribution in [0.5, 0.6) is 0 Å². The highest BCUT2D eigenvalue weighted by molar-refractivity contribution is 6.06. The summed E-state index contributed by atoms with van der Waals surface area (Å²) in [5.74, 6) is 0.373. The van der Waals surface area contributed by atoms with Gasteiger partial charge in [0.2, 0.25) is 5.95 Å². The summed E-state index contributed by atoms with van der Waals surface area (Å²) in [7, 11) is 0. The van der Waals surface area contributed by atoms with Gasteiger partial charge in [0.1, 0.15) is 11.1 Å². The van der Waals surface area contributed by atoms with E-state index in [1.54, 1.807) is 13.1 Å². The average Bonchev–Trinajstić information content (AvgIpc) is 3.31. The molecule has 2 aromatic heterocycles. The first-order chi connectivity index (χ1) is 14.0. The highest BCUT2D eigenvalue weighted by Gasteiger charge is 2.29. The van der Waals surface area contributed by atoms with E-state index >= 15 is 0 Å². The van der Waals surface area contributed by atoms with E-state index in [-0.39, 0.29) is 12.6 Å². The first kappa shape index (κ1) is 18.8. The standard InChI is InChI=1S/C20H22N6O3/c1-4-28-19(27)14-10-22-16(13-8-6-5-7-9-13)17-18(14)25(12(2)3)20(23-17)26-15(21)11-29-24-26/h5-12,24H,4,21H2,1-3H3. The number of fused-ring (bicyclic) bond motifs is 1. The number of benzene rings is 1. The molecule has 3 aromatic rings. The molecular formula is C20H22N6O3. The highest BCUT2D eigenvalue weighted by Crippen LogP contribution is 2.35. The lowest BCUT2D eigenvalue weighted by molar-refractivity contribution is 0.0527. The van der Waals surface area contributed by atoms with Crippen LogP contribution in [0.25, 0.3) is 22.3 Å². The summed E-state index contributed by atoms with van der Waals surface area (Å²) in [6.45, 7) is 6.03. The summed E-state index contributed by atoms with van der Waals surface area (Å²) in [6.07, 6.45) is 2.92. The Balaban J connectivity index is 2.05. The molecule has 0 spiro atoms. The zero-order chi connectivity index (χ0) is 20.5. The van der Waals surface area contributed by atoms with Gasteiger partial charge in [-0.2, -0.15) is 5.01 Å². The molecule has 9 heteroatoms. The van der Waals surface area contributed by atoms with Crippen LogP contribution >= 0.6 is 0 Å². The molecule has 0 bridgehead atoms. The lowest BCUT2D eigenvalue weighted by Gasteiger charge is -2.20. The van der Waals surface area contributed by atoms with Crippen LogP contribution in [0, 0.1) is 0 Å². The van der Waals surface area contributed by atoms with Crippen molar-refractivity contribution in [1.29, 1.82) is 0 Å². The largest absolute Gasteiger partial charge is 0.462 e. The normalized spacial score (nSPS) is 13.7. The third kappa shape index (κ3) is 3.15. The monoisotopic (exact) mass is 394 g/mol. The maximum atomic E-state index is 12.7. The molecule has 9 nitrogen and oxygen atoms in total. The molecule has 0 fully saturated rings. The lowest BCUT2D eigenvalue weighted by atomic mass is 10.1. The molecule has 4 rings (SSSR count). The maximum absolute atomic E-state index is 12.7. The molecule has 0 saturated carbocycles. The number of rotatable bonds is 5. The first-order valence-corrected chi connectivity index (χ1v) is 9.33. The molecule has 3 N–H and O–H groups in total. The van der Waals surface area contributed by atoms with Crippen molar-refractivity contribution in [1.82, 2.24) is 20.1 Å². The Morgan fingerprint density at radius 1 is 1.31 bits per heavy atom. The number of nitrogens with two attached hydrogens (primary N) is 1. The van der Waals surface area contributed by atoms with Crippen LogP contribution in [0.1, 0.15) is 37.2 Å². The van der Waals surface area contributed by atoms with Gasteiger partial charge in [-0.25, -0.2) is 9.78 Å². The van der Waals surface area contributed by atoms with E-state index in [1.807, 2.05) is 48.7 Å². The van der Waals surface area contributed by atoms with Gasteiger partial charge >= 0.3 is 5.97 Å². The van der Waals surface area contributed by atoms with Crippen LogP contribution in [-0.4, -0.2) is 27.1 Å². The topological polar surface area (TPSA) is 108 Å². The summed E-state index contributed by atoms with van der Waals surface area (Å²) in [5, 5.41) is 1.52. The van der Waals surface area contributed by atoms with Crippen LogP contribution in [0.2, 0.25) is 0 Å². The summed E-state index contributed by atoms with van der Waals surface area (Å²) in [5.41, 5.74) is 11.8. The number of aromatic nitrogens is 3. The second-order valence-electron chi connectivity index (χ2n) is 6.77. The molecule has 29 heavy (non-hydrogen) atoms. The number of anilines is 1. The third-order valence-electron chi connectivity index (χ3n) is 4.54. The molecule has 150 valence electrons. The summed E-state index contributed by atoms with van der Waals surface area (Å²) < 4.78 is 7.18. The smallest absolute Gasteiger partial charge is 0.341 e. The molecule has 1 aromatic carbocycles. The molecular weight excluding hydrogens is 372 g/mol. The minimum Gasteiger partial charge on any atom is -0.462 e. The zero-order valence-electron chi connectivity index (χ0n) is 16.4. The predicted molar refractivity (Wildman–Crippen MR) is 108 cm³/mol. The molecule has 0 amide bonds. The highest BCUT2D eigenvalue weighted by atomic mass is 16.7. The van der Waals surface area contributed by atoms with Gasteiger partial charge in [-0.05, 0) is 20.8 Å². The minimum atomic E-state index is -0.452. The van der Waals surface area contributed by atoms with E-state index in [1.165, 1.54) is 11.3 Å². The molecule has 1 aliphatic heterocycles. The predicted octanol–water partition coefficient (Wildman–Crippen LogP) is 2.87. The van der Waals surface area contributed by atoms with Crippen LogP contribution in [0.15, 0.2) is 48.6 Å². The molecule has 0 atom stereocenters. The van der Waals surface area contributed by atoms with Gasteiger partial charge in [0, 0.05) is 17.8 Å². The minimum absolute atomic E-state index is 0.0376. The Morgan fingerprint density at radius 3 is 2.69 bits per heavy atom. The van der Waals surface area contributed by atoms with Crippen LogP contribution in [0.4, 0.5) is 5.95 Å². The summed E-state index contributed by atoms with van der Waals surface area (Å²) >= 11 is 0. The number of nitrogens with one attached hydrogen (secondary N) is 1. The molecule has 0 aliphatic carbocycles. The van der Waals surface area contributed by atoms with Gasteiger partial charge in [-0.15, -0.1) is 0 Å². The van der Waals surface area contributed by atoms with Crippen molar-refractivity contribution in [2.75, 3.05) is 11.6 Å². The second-order valence-corrected chi connectivity index (χ2v) is 6.77. The van der Waals surface area contributed by atoms with E-state index in [0.29, 0.717) is 34.1 Å². The van der Waals surface area contributed by atoms with Gasteiger partial charge in [-0.3, -0.25) is 4.98 Å². The fraction of sp³-hybridized carbons (Fsp3) is 0.250. The summed E-state index contributed by atoms with van der Waals surface area (Å²) in [6, 6.07) is 9.65. The second kappa shape index (κ2) is 7.44. The Labute approximate surface area is 167 Å². The van der Waals surface area contributed by atoms with Crippen LogP contribution in [0.3, 0.4) is 0 Å². The van der Waals surface area contributed by atoms with E-state index in [9.17, 15) is 4.79 Å². The van der Waals surface area contributed by atoms with Crippen molar-refractivity contribution in [2.24, 2.45) is 5.73 Å². The number of hydrogen-bond donors (Lipinski definition) is 2. The Bertz CT molecular complexity index is 1090. The molecule has 0 radical (unpaired) electrons. The maximum Gasteiger partial charge on any atom is 0.341 e. The number of esters is 1. The molecule has 1 aliphatic rings. The molecule has 3 heterocycles. The van der Waals surface area contributed by atoms with Gasteiger partial charge in [0.05, 0.1) is 17.8 Å². The number of imidazole rings is 1. The number of pyridine rings is 1. The fourth-order valence-corrected chi connectivity index (χ4v) is 3.31. The van der Waals surface area contributed by atoms with E-state index in [0.717, 1.165) is 5.56 Å². The van der Waals surface area contributed by atoms with Crippen LogP contribution in [-0.2, 0) is 9.57 Å². The Kier molecular flexibility index (Phi) is 4.81. The van der Waals surface area contributed by atoms with Crippen molar-refractivity contribution in [3.63, 3.8) is 0 Å². The number of hydrogen-bond acceptors (Lipinski definition) is 8. The lowest BCUT2D eigenvalue weighted by Crippen LogP contribution is -2.36. The van der Waals surface area contributed by atoms with Gasteiger partial charge in [0.25, 0.3) is 0 Å². The summed E-state index contributed by atoms with van der Waals surface area (Å²) in [4.78, 5) is 27.1. The van der Waals surface area contributed by atoms with Crippen molar-refractivity contribution < 1.29 is 14.4 Å². The quantitative estimate of drug-likeness (QED) is 0.636. The molecule has 0 unspecified atom stereocenters. The first-order valence-electron chi connectivity index (χ1n) is 9.33. The zero-order valence-corrected chi connectivity index (χ0v) is 16.4. The van der Waals surface area contributed by atoms with E-state index in [2.05, 4.69) is 10.6 Å². The van der Waals surface area contributed by atoms with Crippen molar-refractivity contribution in [3.8, 4) is 11.3 Å². The fourth-order valence-electron chi connectivity index (χ4n) is 3.31. The number of nitrogens with zero attached hydrogens (tertiary/aromatic N) is 4. The molecule has 0 saturated heterocycles. The van der Waals surface area contributed by atoms with Gasteiger partial charge in [0.15, 0.2) is 12.1 Å². The number of carbonyl (C=O) groups is 1. The number of hydrazine groups is 1. The SMILES string of the molecule is CCOC(=O)c1cnc(-c2ccccc2)c2nc(N3NOC=C3N)n(C(C)C)c12. The van der Waals surface area contributed by atoms with E-state index < -0.39 is 5.97 Å². The Morgan fingerprint density at radius 2 is 2.07 bits per heavy atom. The van der Waals surface area contributed by atoms with Gasteiger partial charge in [-0.1, -0.05) is 35.9 Å². The third-order valence-corrected chi connectivity index (χ3v) is 4.54. The van der Waals surface area contributed by atoms with Crippen molar-refractivity contribution in [3.05, 3.63) is 54.2 Å². The number of ether oxygens (including phenoxy) is 1. The van der Waals surface area contributed by atoms with Gasteiger partial charge < -0.3 is 19.9 Å². The van der Waals surface area contributed by atoms with E-state index in [4.69, 9.17) is 20.3 Å². The van der Waals surface area contributed by atoms with Crippen molar-refractivity contribution in [2.45, 2.75) is 26.8 Å². The van der Waals surface area contributed by atoms with Crippen molar-refractivity contribution >= 4 is 23.0 Å². The van der Waals surface area contributed by atoms with Crippen LogP contribution < -0.4 is 16.3 Å². The average molecular weight is 394 g/mol.